The number of rotatable bonds is 6. The molecule has 2 rings (SSSR count). The molecule has 0 unspecified atom stereocenters. The lowest BCUT2D eigenvalue weighted by molar-refractivity contribution is -0.122. The smallest absolute Gasteiger partial charge is 0.221 e. The number of hydrogen-bond acceptors (Lipinski definition) is 4. The molecule has 7 nitrogen and oxygen atoms in total. The molecule has 2 atom stereocenters. The van der Waals surface area contributed by atoms with Crippen molar-refractivity contribution >= 4 is 11.8 Å². The number of likely N-dealkylation sites (N-methyl/N-ethyl adjacent to an activating group) is 1. The molecule has 0 bridgehead atoms. The fourth-order valence-corrected chi connectivity index (χ4v) is 3.25. The van der Waals surface area contributed by atoms with Gasteiger partial charge >= 0.3 is 0 Å². The number of nitrogens with zero attached hydrogens (tertiary/aromatic N) is 3. The largest absolute Gasteiger partial charge is 0.355 e. The second kappa shape index (κ2) is 7.79. The Labute approximate surface area is 143 Å². The lowest BCUT2D eigenvalue weighted by atomic mass is 10.1. The van der Waals surface area contributed by atoms with Crippen LogP contribution in [0.15, 0.2) is 0 Å². The zero-order valence-electron chi connectivity index (χ0n) is 15.3. The molecule has 24 heavy (non-hydrogen) atoms. The van der Waals surface area contributed by atoms with Gasteiger partial charge in [-0.25, -0.2) is 4.98 Å². The number of amides is 2. The lowest BCUT2D eigenvalue weighted by Crippen LogP contribution is -2.42. The van der Waals surface area contributed by atoms with E-state index in [-0.39, 0.29) is 17.9 Å². The maximum Gasteiger partial charge on any atom is 0.221 e. The molecule has 0 saturated carbocycles. The molecule has 0 radical (unpaired) electrons. The number of hydrogen-bond donors (Lipinski definition) is 2. The van der Waals surface area contributed by atoms with Crippen LogP contribution in [0.4, 0.5) is 0 Å². The predicted molar refractivity (Wildman–Crippen MR) is 92.4 cm³/mol. The zero-order valence-corrected chi connectivity index (χ0v) is 15.3. The van der Waals surface area contributed by atoms with E-state index in [0.29, 0.717) is 25.6 Å². The summed E-state index contributed by atoms with van der Waals surface area (Å²) < 4.78 is 2.01. The van der Waals surface area contributed by atoms with E-state index in [9.17, 15) is 9.59 Å². The Hall–Kier alpha value is -1.89. The molecule has 1 aliphatic rings. The van der Waals surface area contributed by atoms with Crippen LogP contribution in [0.3, 0.4) is 0 Å². The van der Waals surface area contributed by atoms with Gasteiger partial charge in [-0.05, 0) is 33.7 Å². The molecule has 2 heterocycles. The summed E-state index contributed by atoms with van der Waals surface area (Å²) in [6.07, 6.45) is 2.47. The molecule has 0 aromatic carbocycles. The first kappa shape index (κ1) is 18.4. The highest BCUT2D eigenvalue weighted by molar-refractivity contribution is 5.76. The van der Waals surface area contributed by atoms with Gasteiger partial charge in [-0.2, -0.15) is 0 Å². The van der Waals surface area contributed by atoms with Crippen molar-refractivity contribution in [3.63, 3.8) is 0 Å². The van der Waals surface area contributed by atoms with Crippen LogP contribution in [-0.4, -0.2) is 51.9 Å². The summed E-state index contributed by atoms with van der Waals surface area (Å²) in [5, 5.41) is 5.83. The minimum Gasteiger partial charge on any atom is -0.355 e. The quantitative estimate of drug-likeness (QED) is 0.800. The SMILES string of the molecule is CC(=O)NC[C@H]1CC[C@@H](CC(=O)NCc2nc(C)c(C)n2C)N1C. The van der Waals surface area contributed by atoms with Crippen molar-refractivity contribution in [1.29, 1.82) is 0 Å². The van der Waals surface area contributed by atoms with Crippen molar-refractivity contribution in [3.05, 3.63) is 17.2 Å². The summed E-state index contributed by atoms with van der Waals surface area (Å²) in [6.45, 7) is 6.63. The van der Waals surface area contributed by atoms with Gasteiger partial charge < -0.3 is 15.2 Å². The van der Waals surface area contributed by atoms with Crippen molar-refractivity contribution in [2.75, 3.05) is 13.6 Å². The van der Waals surface area contributed by atoms with E-state index in [1.807, 2.05) is 32.5 Å². The summed E-state index contributed by atoms with van der Waals surface area (Å²) in [4.78, 5) is 30.0. The molecule has 2 amide bonds. The molecule has 1 aromatic heterocycles. The average molecular weight is 335 g/mol. The molecule has 7 heteroatoms. The van der Waals surface area contributed by atoms with Crippen molar-refractivity contribution in [2.24, 2.45) is 7.05 Å². The number of imidazole rings is 1. The van der Waals surface area contributed by atoms with Crippen LogP contribution in [0.1, 0.15) is 43.4 Å². The van der Waals surface area contributed by atoms with Gasteiger partial charge in [0.15, 0.2) is 0 Å². The summed E-state index contributed by atoms with van der Waals surface area (Å²) in [7, 11) is 4.00. The van der Waals surface area contributed by atoms with Gasteiger partial charge in [-0.15, -0.1) is 0 Å². The van der Waals surface area contributed by atoms with Crippen LogP contribution in [0.5, 0.6) is 0 Å². The third-order valence-corrected chi connectivity index (χ3v) is 5.15. The third kappa shape index (κ3) is 4.35. The average Bonchev–Trinajstić information content (AvgIpc) is 2.99. The van der Waals surface area contributed by atoms with Gasteiger partial charge in [0.05, 0.1) is 12.2 Å². The second-order valence-electron chi connectivity index (χ2n) is 6.73. The lowest BCUT2D eigenvalue weighted by Gasteiger charge is -2.25. The predicted octanol–water partition coefficient (Wildman–Crippen LogP) is 0.642. The molecule has 1 saturated heterocycles. The minimum atomic E-state index is -0.00903. The Kier molecular flexibility index (Phi) is 5.99. The molecule has 134 valence electrons. The first-order valence-electron chi connectivity index (χ1n) is 8.51. The number of likely N-dealkylation sites (tertiary alicyclic amines) is 1. The van der Waals surface area contributed by atoms with Gasteiger partial charge in [0.25, 0.3) is 0 Å². The molecule has 0 spiro atoms. The number of nitrogens with one attached hydrogen (secondary N) is 2. The highest BCUT2D eigenvalue weighted by atomic mass is 16.2. The maximum atomic E-state index is 12.2. The standard InChI is InChI=1S/C17H29N5O2/c1-11-12(2)21(4)16(20-11)10-19-17(24)8-14-6-7-15(22(14)5)9-18-13(3)23/h14-15H,6-10H2,1-5H3,(H,18,23)(H,19,24)/t14-,15+/m0/s1. The van der Waals surface area contributed by atoms with Crippen LogP contribution in [-0.2, 0) is 23.2 Å². The fraction of sp³-hybridized carbons (Fsp3) is 0.706. The van der Waals surface area contributed by atoms with Crippen molar-refractivity contribution < 1.29 is 9.59 Å². The minimum absolute atomic E-state index is 0.00903. The second-order valence-corrected chi connectivity index (χ2v) is 6.73. The summed E-state index contributed by atoms with van der Waals surface area (Å²) in [5.74, 6) is 0.914. The van der Waals surface area contributed by atoms with Crippen LogP contribution >= 0.6 is 0 Å². The Morgan fingerprint density at radius 2 is 1.83 bits per heavy atom. The van der Waals surface area contributed by atoms with E-state index in [0.717, 1.165) is 30.1 Å². The van der Waals surface area contributed by atoms with Crippen molar-refractivity contribution in [2.45, 2.75) is 58.7 Å². The Balaban J connectivity index is 1.80. The molecule has 2 N–H and O–H groups in total. The Bertz CT molecular complexity index is 610. The monoisotopic (exact) mass is 335 g/mol. The molecular weight excluding hydrogens is 306 g/mol. The number of aromatic nitrogens is 2. The first-order chi connectivity index (χ1) is 11.3. The van der Waals surface area contributed by atoms with Gasteiger partial charge in [0, 0.05) is 44.7 Å². The van der Waals surface area contributed by atoms with E-state index < -0.39 is 0 Å². The van der Waals surface area contributed by atoms with Crippen LogP contribution < -0.4 is 10.6 Å². The molecule has 0 aliphatic carbocycles. The van der Waals surface area contributed by atoms with E-state index in [1.165, 1.54) is 6.92 Å². The number of carbonyl (C=O) groups is 2. The fourth-order valence-electron chi connectivity index (χ4n) is 3.25. The topological polar surface area (TPSA) is 79.3 Å². The molecule has 1 aliphatic heterocycles. The summed E-state index contributed by atoms with van der Waals surface area (Å²) in [6, 6.07) is 0.542. The van der Waals surface area contributed by atoms with Crippen molar-refractivity contribution in [3.8, 4) is 0 Å². The van der Waals surface area contributed by atoms with E-state index in [1.54, 1.807) is 0 Å². The van der Waals surface area contributed by atoms with Gasteiger partial charge in [0.2, 0.25) is 11.8 Å². The number of carbonyl (C=O) groups excluding carboxylic acids is 2. The Morgan fingerprint density at radius 3 is 2.42 bits per heavy atom. The molecule has 1 aromatic rings. The maximum absolute atomic E-state index is 12.2. The summed E-state index contributed by atoms with van der Waals surface area (Å²) in [5.41, 5.74) is 2.12. The van der Waals surface area contributed by atoms with E-state index in [2.05, 4.69) is 20.5 Å². The first-order valence-corrected chi connectivity index (χ1v) is 8.51. The zero-order chi connectivity index (χ0) is 17.9. The normalized spacial score (nSPS) is 21.0. The highest BCUT2D eigenvalue weighted by Crippen LogP contribution is 2.24. The van der Waals surface area contributed by atoms with E-state index in [4.69, 9.17) is 0 Å². The summed E-state index contributed by atoms with van der Waals surface area (Å²) >= 11 is 0. The van der Waals surface area contributed by atoms with Gasteiger partial charge in [-0.3, -0.25) is 14.5 Å². The van der Waals surface area contributed by atoms with Crippen LogP contribution in [0.2, 0.25) is 0 Å². The molecular formula is C17H29N5O2. The van der Waals surface area contributed by atoms with Gasteiger partial charge in [-0.1, -0.05) is 0 Å². The third-order valence-electron chi connectivity index (χ3n) is 5.15. The van der Waals surface area contributed by atoms with E-state index >= 15 is 0 Å². The Morgan fingerprint density at radius 1 is 1.17 bits per heavy atom. The number of aryl methyl sites for hydroxylation is 1. The van der Waals surface area contributed by atoms with Crippen molar-refractivity contribution in [1.82, 2.24) is 25.1 Å². The highest BCUT2D eigenvalue weighted by Gasteiger charge is 2.31. The van der Waals surface area contributed by atoms with Gasteiger partial charge in [0.1, 0.15) is 5.82 Å². The molecule has 1 fully saturated rings. The van der Waals surface area contributed by atoms with Crippen LogP contribution in [0.25, 0.3) is 0 Å². The van der Waals surface area contributed by atoms with Crippen LogP contribution in [0, 0.1) is 13.8 Å².